The van der Waals surface area contributed by atoms with Gasteiger partial charge in [-0.15, -0.1) is 0 Å². The van der Waals surface area contributed by atoms with Gasteiger partial charge in [-0.25, -0.2) is 0 Å². The monoisotopic (exact) mass is 264 g/mol. The van der Waals surface area contributed by atoms with Crippen LogP contribution in [0.1, 0.15) is 18.5 Å². The van der Waals surface area contributed by atoms with E-state index >= 15 is 0 Å². The van der Waals surface area contributed by atoms with Crippen molar-refractivity contribution < 1.29 is 22.9 Å². The highest BCUT2D eigenvalue weighted by molar-refractivity contribution is 5.41. The highest BCUT2D eigenvalue weighted by Gasteiger charge is 2.28. The third kappa shape index (κ3) is 4.30. The van der Waals surface area contributed by atoms with E-state index in [1.165, 1.54) is 25.1 Å². The van der Waals surface area contributed by atoms with Crippen molar-refractivity contribution in [2.75, 3.05) is 6.61 Å². The third-order valence-electron chi connectivity index (χ3n) is 2.10. The molecule has 1 unspecified atom stereocenters. The fraction of sp³-hybridized carbons (Fsp3) is 0.400. The summed E-state index contributed by atoms with van der Waals surface area (Å²) in [6.45, 7) is 0.0106. The molecule has 1 atom stereocenters. The molecule has 0 fully saturated rings. The van der Waals surface area contributed by atoms with Crippen molar-refractivity contribution in [3.8, 4) is 0 Å². The molecule has 0 aromatic heterocycles. The third-order valence-corrected chi connectivity index (χ3v) is 2.10. The molecule has 0 aliphatic carbocycles. The van der Waals surface area contributed by atoms with Crippen LogP contribution >= 0.6 is 0 Å². The minimum Gasteiger partial charge on any atom is -0.292 e. The molecule has 1 aromatic carbocycles. The molecule has 0 aliphatic rings. The van der Waals surface area contributed by atoms with Gasteiger partial charge in [0.2, 0.25) is 0 Å². The molecule has 0 saturated heterocycles. The van der Waals surface area contributed by atoms with Crippen LogP contribution in [0.2, 0.25) is 0 Å². The van der Waals surface area contributed by atoms with Gasteiger partial charge < -0.3 is 0 Å². The van der Waals surface area contributed by atoms with E-state index in [2.05, 4.69) is 10.3 Å². The number of nitro groups is 1. The average molecular weight is 264 g/mol. The summed E-state index contributed by atoms with van der Waals surface area (Å²) in [7, 11) is 0. The maximum Gasteiger partial charge on any atom is 0.413 e. The highest BCUT2D eigenvalue weighted by atomic mass is 19.4. The second-order valence-corrected chi connectivity index (χ2v) is 3.56. The molecule has 0 radical (unpaired) electrons. The summed E-state index contributed by atoms with van der Waals surface area (Å²) in [5.74, 6) is 0. The second kappa shape index (κ2) is 5.78. The largest absolute Gasteiger partial charge is 0.413 e. The van der Waals surface area contributed by atoms with Gasteiger partial charge >= 0.3 is 6.18 Å². The number of para-hydroxylation sites is 1. The van der Waals surface area contributed by atoms with E-state index in [-0.39, 0.29) is 11.3 Å². The lowest BCUT2D eigenvalue weighted by Crippen LogP contribution is -2.27. The molecule has 5 nitrogen and oxygen atoms in total. The quantitative estimate of drug-likeness (QED) is 0.656. The van der Waals surface area contributed by atoms with Gasteiger partial charge in [0.25, 0.3) is 5.69 Å². The predicted octanol–water partition coefficient (Wildman–Crippen LogP) is 2.74. The molecule has 100 valence electrons. The maximum atomic E-state index is 11.8. The van der Waals surface area contributed by atoms with Crippen molar-refractivity contribution in [2.24, 2.45) is 0 Å². The Morgan fingerprint density at radius 3 is 2.61 bits per heavy atom. The van der Waals surface area contributed by atoms with E-state index in [1.54, 1.807) is 6.07 Å². The van der Waals surface area contributed by atoms with E-state index in [4.69, 9.17) is 0 Å². The van der Waals surface area contributed by atoms with Crippen molar-refractivity contribution in [3.05, 3.63) is 39.9 Å². The van der Waals surface area contributed by atoms with Crippen molar-refractivity contribution in [2.45, 2.75) is 19.1 Å². The zero-order valence-electron chi connectivity index (χ0n) is 9.40. The number of halogens is 3. The number of alkyl halides is 3. The highest BCUT2D eigenvalue weighted by Crippen LogP contribution is 2.24. The van der Waals surface area contributed by atoms with Crippen LogP contribution in [0.25, 0.3) is 0 Å². The Labute approximate surface area is 101 Å². The molecule has 1 N–H and O–H groups in total. The number of hydrogen-bond acceptors (Lipinski definition) is 4. The van der Waals surface area contributed by atoms with E-state index in [9.17, 15) is 23.3 Å². The van der Waals surface area contributed by atoms with Crippen molar-refractivity contribution >= 4 is 5.69 Å². The molecule has 0 spiro atoms. The standard InChI is InChI=1S/C10H11F3N2O3/c1-7(14-18-6-10(11,12)13)8-4-2-3-5-9(8)15(16)17/h2-5,7,14H,6H2,1H3. The first-order valence-electron chi connectivity index (χ1n) is 4.98. The molecule has 1 rings (SSSR count). The van der Waals surface area contributed by atoms with Gasteiger partial charge in [0.15, 0.2) is 6.61 Å². The van der Waals surface area contributed by atoms with Crippen molar-refractivity contribution in [1.29, 1.82) is 0 Å². The summed E-state index contributed by atoms with van der Waals surface area (Å²) in [5.41, 5.74) is 2.21. The van der Waals surface area contributed by atoms with Gasteiger partial charge in [0, 0.05) is 11.6 Å². The number of nitrogens with zero attached hydrogens (tertiary/aromatic N) is 1. The van der Waals surface area contributed by atoms with Gasteiger partial charge in [0.1, 0.15) is 0 Å². The molecule has 8 heteroatoms. The Morgan fingerprint density at radius 2 is 2.06 bits per heavy atom. The summed E-state index contributed by atoms with van der Waals surface area (Å²) in [6.07, 6.45) is -4.45. The number of rotatable bonds is 5. The second-order valence-electron chi connectivity index (χ2n) is 3.56. The lowest BCUT2D eigenvalue weighted by molar-refractivity contribution is -0.385. The Kier molecular flexibility index (Phi) is 4.62. The van der Waals surface area contributed by atoms with Crippen LogP contribution in [-0.4, -0.2) is 17.7 Å². The summed E-state index contributed by atoms with van der Waals surface area (Å²) >= 11 is 0. The lowest BCUT2D eigenvalue weighted by atomic mass is 10.1. The zero-order chi connectivity index (χ0) is 13.8. The molecule has 0 amide bonds. The van der Waals surface area contributed by atoms with Gasteiger partial charge in [-0.3, -0.25) is 15.0 Å². The maximum absolute atomic E-state index is 11.8. The number of nitro benzene ring substituents is 1. The smallest absolute Gasteiger partial charge is 0.292 e. The van der Waals surface area contributed by atoms with Gasteiger partial charge in [-0.1, -0.05) is 18.2 Å². The van der Waals surface area contributed by atoms with E-state index in [0.717, 1.165) is 0 Å². The van der Waals surface area contributed by atoms with Crippen LogP contribution < -0.4 is 5.48 Å². The normalized spacial score (nSPS) is 13.3. The molecule has 0 aliphatic heterocycles. The van der Waals surface area contributed by atoms with Crippen molar-refractivity contribution in [1.82, 2.24) is 5.48 Å². The first kappa shape index (κ1) is 14.4. The first-order chi connectivity index (χ1) is 8.31. The Balaban J connectivity index is 2.67. The summed E-state index contributed by atoms with van der Waals surface area (Å²) in [4.78, 5) is 14.4. The van der Waals surface area contributed by atoms with E-state index in [0.29, 0.717) is 0 Å². The Hall–Kier alpha value is -1.67. The minimum atomic E-state index is -4.45. The van der Waals surface area contributed by atoms with Crippen LogP contribution in [0.3, 0.4) is 0 Å². The SMILES string of the molecule is CC(NOCC(F)(F)F)c1ccccc1[N+](=O)[O-]. The summed E-state index contributed by atoms with van der Waals surface area (Å²) in [6, 6.07) is 5.04. The molecular weight excluding hydrogens is 253 g/mol. The number of hydroxylamine groups is 1. The van der Waals surface area contributed by atoms with E-state index < -0.39 is 23.7 Å². The topological polar surface area (TPSA) is 64.4 Å². The molecule has 18 heavy (non-hydrogen) atoms. The average Bonchev–Trinajstić information content (AvgIpc) is 2.27. The fourth-order valence-corrected chi connectivity index (χ4v) is 1.33. The van der Waals surface area contributed by atoms with E-state index in [1.807, 2.05) is 0 Å². The van der Waals surface area contributed by atoms with Gasteiger partial charge in [-0.05, 0) is 6.92 Å². The van der Waals surface area contributed by atoms with Crippen LogP contribution in [0.5, 0.6) is 0 Å². The van der Waals surface area contributed by atoms with Gasteiger partial charge in [-0.2, -0.15) is 18.7 Å². The summed E-state index contributed by atoms with van der Waals surface area (Å²) < 4.78 is 35.5. The first-order valence-corrected chi connectivity index (χ1v) is 4.98. The predicted molar refractivity (Wildman–Crippen MR) is 56.7 cm³/mol. The molecule has 0 bridgehead atoms. The van der Waals surface area contributed by atoms with Crippen LogP contribution in [0, 0.1) is 10.1 Å². The van der Waals surface area contributed by atoms with Crippen LogP contribution in [0.15, 0.2) is 24.3 Å². The van der Waals surface area contributed by atoms with Crippen molar-refractivity contribution in [3.63, 3.8) is 0 Å². The van der Waals surface area contributed by atoms with Crippen LogP contribution in [-0.2, 0) is 4.84 Å². The molecule has 0 saturated carbocycles. The Bertz CT molecular complexity index is 423. The fourth-order valence-electron chi connectivity index (χ4n) is 1.33. The zero-order valence-corrected chi connectivity index (χ0v) is 9.40. The number of benzene rings is 1. The number of hydrogen-bond donors (Lipinski definition) is 1. The minimum absolute atomic E-state index is 0.173. The number of nitrogens with one attached hydrogen (secondary N) is 1. The molecular formula is C10H11F3N2O3. The molecule has 0 heterocycles. The lowest BCUT2D eigenvalue weighted by Gasteiger charge is -2.15. The molecule has 1 aromatic rings. The van der Waals surface area contributed by atoms with Gasteiger partial charge in [0.05, 0.1) is 11.0 Å². The Morgan fingerprint density at radius 1 is 1.44 bits per heavy atom. The van der Waals surface area contributed by atoms with Crippen LogP contribution in [0.4, 0.5) is 18.9 Å². The summed E-state index contributed by atoms with van der Waals surface area (Å²) in [5, 5.41) is 10.7.